The molecule has 0 aliphatic rings. The highest BCUT2D eigenvalue weighted by Crippen LogP contribution is 2.35. The predicted molar refractivity (Wildman–Crippen MR) is 113 cm³/mol. The molecule has 0 saturated heterocycles. The smallest absolute Gasteiger partial charge is 0.407 e. The number of nitrogens with one attached hydrogen (secondary N) is 1. The van der Waals surface area contributed by atoms with Crippen molar-refractivity contribution in [3.8, 4) is 0 Å². The van der Waals surface area contributed by atoms with E-state index in [9.17, 15) is 4.79 Å². The van der Waals surface area contributed by atoms with E-state index in [1.54, 1.807) is 0 Å². The second kappa shape index (κ2) is 9.56. The maximum Gasteiger partial charge on any atom is 0.407 e. The van der Waals surface area contributed by atoms with E-state index >= 15 is 0 Å². The summed E-state index contributed by atoms with van der Waals surface area (Å²) in [5, 5.41) is 2.97. The number of carbonyl (C=O) groups is 1. The first-order chi connectivity index (χ1) is 13.7. The average Bonchev–Trinajstić information content (AvgIpc) is 2.77. The normalized spacial score (nSPS) is 10.9. The van der Waals surface area contributed by atoms with E-state index < -0.39 is 11.5 Å². The summed E-state index contributed by atoms with van der Waals surface area (Å²) < 4.78 is 5.40. The van der Waals surface area contributed by atoms with Crippen LogP contribution in [-0.4, -0.2) is 12.6 Å². The molecule has 0 heterocycles. The number of ether oxygens (including phenoxy) is 1. The third kappa shape index (κ3) is 4.68. The van der Waals surface area contributed by atoms with Crippen LogP contribution in [0, 0.1) is 0 Å². The molecule has 1 amide bonds. The van der Waals surface area contributed by atoms with Gasteiger partial charge in [-0.3, -0.25) is 0 Å². The van der Waals surface area contributed by atoms with Gasteiger partial charge in [0.05, 0.1) is 0 Å². The molecule has 0 bridgehead atoms. The number of hydrogen-bond acceptors (Lipinski definition) is 2. The summed E-state index contributed by atoms with van der Waals surface area (Å²) in [5.41, 5.74) is 2.81. The lowest BCUT2D eigenvalue weighted by Crippen LogP contribution is -2.41. The van der Waals surface area contributed by atoms with E-state index in [1.807, 2.05) is 72.8 Å². The largest absolute Gasteiger partial charge is 0.445 e. The Hall–Kier alpha value is -3.33. The van der Waals surface area contributed by atoms with Crippen LogP contribution in [-0.2, 0) is 16.8 Å². The van der Waals surface area contributed by atoms with Crippen LogP contribution in [0.2, 0.25) is 0 Å². The average molecular weight is 371 g/mol. The summed E-state index contributed by atoms with van der Waals surface area (Å²) in [6.07, 6.45) is 2.17. The van der Waals surface area contributed by atoms with Crippen molar-refractivity contribution in [2.45, 2.75) is 18.4 Å². The van der Waals surface area contributed by atoms with Crippen molar-refractivity contribution >= 4 is 6.09 Å². The summed E-state index contributed by atoms with van der Waals surface area (Å²) in [5.74, 6) is 0. The van der Waals surface area contributed by atoms with Crippen molar-refractivity contribution in [1.82, 2.24) is 5.32 Å². The summed E-state index contributed by atoms with van der Waals surface area (Å²) in [6.45, 7) is 4.62. The molecular formula is C25H25NO2. The van der Waals surface area contributed by atoms with Crippen molar-refractivity contribution in [2.75, 3.05) is 6.54 Å². The summed E-state index contributed by atoms with van der Waals surface area (Å²) in [7, 11) is 0. The summed E-state index contributed by atoms with van der Waals surface area (Å²) in [6, 6.07) is 30.1. The van der Waals surface area contributed by atoms with Gasteiger partial charge in [-0.2, -0.15) is 0 Å². The zero-order chi connectivity index (χ0) is 19.7. The number of benzene rings is 3. The Morgan fingerprint density at radius 1 is 0.857 bits per heavy atom. The maximum absolute atomic E-state index is 12.4. The molecule has 0 fully saturated rings. The van der Waals surface area contributed by atoms with Crippen LogP contribution >= 0.6 is 0 Å². The van der Waals surface area contributed by atoms with Crippen molar-refractivity contribution in [2.24, 2.45) is 0 Å². The monoisotopic (exact) mass is 371 g/mol. The van der Waals surface area contributed by atoms with E-state index in [4.69, 9.17) is 4.74 Å². The molecule has 0 saturated carbocycles. The first kappa shape index (κ1) is 19.4. The molecule has 0 radical (unpaired) electrons. The first-order valence-corrected chi connectivity index (χ1v) is 9.41. The third-order valence-electron chi connectivity index (χ3n) is 4.89. The Labute approximate surface area is 166 Å². The van der Waals surface area contributed by atoms with Crippen LogP contribution < -0.4 is 5.32 Å². The second-order valence-corrected chi connectivity index (χ2v) is 6.72. The Bertz CT molecular complexity index is 837. The predicted octanol–water partition coefficient (Wildman–Crippen LogP) is 5.48. The van der Waals surface area contributed by atoms with Crippen LogP contribution in [0.25, 0.3) is 0 Å². The quantitative estimate of drug-likeness (QED) is 0.533. The molecule has 0 spiro atoms. The molecule has 0 atom stereocenters. The van der Waals surface area contributed by atoms with Gasteiger partial charge in [-0.1, -0.05) is 97.1 Å². The van der Waals surface area contributed by atoms with E-state index in [0.29, 0.717) is 13.0 Å². The number of amides is 1. The molecule has 0 unspecified atom stereocenters. The highest BCUT2D eigenvalue weighted by atomic mass is 16.5. The lowest BCUT2D eigenvalue weighted by Gasteiger charge is -2.34. The van der Waals surface area contributed by atoms with Gasteiger partial charge in [0, 0.05) is 12.0 Å². The Morgan fingerprint density at radius 3 is 1.86 bits per heavy atom. The second-order valence-electron chi connectivity index (χ2n) is 6.72. The Balaban J connectivity index is 1.79. The lowest BCUT2D eigenvalue weighted by atomic mass is 9.72. The van der Waals surface area contributed by atoms with E-state index in [-0.39, 0.29) is 6.61 Å². The standard InChI is InChI=1S/C25H25NO2/c1-2-18-25(22-14-8-4-9-15-22,23-16-10-5-11-17-23)20-26-24(27)28-19-21-12-6-3-7-13-21/h2-17H,1,18-20H2,(H,26,27). The van der Waals surface area contributed by atoms with Crippen LogP contribution in [0.3, 0.4) is 0 Å². The van der Waals surface area contributed by atoms with Crippen molar-refractivity contribution in [3.05, 3.63) is 120 Å². The third-order valence-corrected chi connectivity index (χ3v) is 4.89. The Kier molecular flexibility index (Phi) is 6.64. The van der Waals surface area contributed by atoms with Gasteiger partial charge in [0.2, 0.25) is 0 Å². The van der Waals surface area contributed by atoms with Gasteiger partial charge < -0.3 is 10.1 Å². The van der Waals surface area contributed by atoms with Gasteiger partial charge >= 0.3 is 6.09 Å². The number of rotatable bonds is 8. The Morgan fingerprint density at radius 2 is 1.36 bits per heavy atom. The molecule has 1 N–H and O–H groups in total. The van der Waals surface area contributed by atoms with Crippen LogP contribution in [0.1, 0.15) is 23.1 Å². The number of carbonyl (C=O) groups excluding carboxylic acids is 1. The van der Waals surface area contributed by atoms with Crippen LogP contribution in [0.5, 0.6) is 0 Å². The SMILES string of the molecule is C=CCC(CNC(=O)OCc1ccccc1)(c1ccccc1)c1ccccc1. The van der Waals surface area contributed by atoms with E-state index in [1.165, 1.54) is 0 Å². The molecule has 142 valence electrons. The molecule has 3 aromatic carbocycles. The zero-order valence-electron chi connectivity index (χ0n) is 15.9. The van der Waals surface area contributed by atoms with Gasteiger partial charge in [-0.05, 0) is 23.1 Å². The van der Waals surface area contributed by atoms with Crippen molar-refractivity contribution in [3.63, 3.8) is 0 Å². The fourth-order valence-corrected chi connectivity index (χ4v) is 3.44. The number of allylic oxidation sites excluding steroid dienone is 1. The molecule has 3 rings (SSSR count). The summed E-state index contributed by atoms with van der Waals surface area (Å²) >= 11 is 0. The van der Waals surface area contributed by atoms with Crippen molar-refractivity contribution < 1.29 is 9.53 Å². The topological polar surface area (TPSA) is 38.3 Å². The molecule has 3 heteroatoms. The lowest BCUT2D eigenvalue weighted by molar-refractivity contribution is 0.137. The van der Waals surface area contributed by atoms with Crippen molar-refractivity contribution in [1.29, 1.82) is 0 Å². The molecule has 28 heavy (non-hydrogen) atoms. The highest BCUT2D eigenvalue weighted by Gasteiger charge is 2.33. The number of alkyl carbamates (subject to hydrolysis) is 1. The van der Waals surface area contributed by atoms with Gasteiger partial charge in [0.15, 0.2) is 0 Å². The van der Waals surface area contributed by atoms with Gasteiger partial charge in [-0.25, -0.2) is 4.79 Å². The molecule has 3 aromatic rings. The molecular weight excluding hydrogens is 346 g/mol. The minimum atomic E-state index is -0.427. The number of hydrogen-bond donors (Lipinski definition) is 1. The molecule has 0 aromatic heterocycles. The molecule has 3 nitrogen and oxygen atoms in total. The molecule has 0 aliphatic heterocycles. The maximum atomic E-state index is 12.4. The first-order valence-electron chi connectivity index (χ1n) is 9.41. The van der Waals surface area contributed by atoms with Gasteiger partial charge in [0.1, 0.15) is 6.61 Å². The summed E-state index contributed by atoms with van der Waals surface area (Å²) in [4.78, 5) is 12.4. The van der Waals surface area contributed by atoms with Gasteiger partial charge in [-0.15, -0.1) is 6.58 Å². The van der Waals surface area contributed by atoms with Crippen LogP contribution in [0.15, 0.2) is 104 Å². The minimum absolute atomic E-state index is 0.248. The highest BCUT2D eigenvalue weighted by molar-refractivity contribution is 5.67. The fourth-order valence-electron chi connectivity index (χ4n) is 3.44. The minimum Gasteiger partial charge on any atom is -0.445 e. The molecule has 0 aliphatic carbocycles. The fraction of sp³-hybridized carbons (Fsp3) is 0.160. The zero-order valence-corrected chi connectivity index (χ0v) is 15.9. The van der Waals surface area contributed by atoms with Crippen LogP contribution in [0.4, 0.5) is 4.79 Å². The van der Waals surface area contributed by atoms with E-state index in [0.717, 1.165) is 16.7 Å². The van der Waals surface area contributed by atoms with Gasteiger partial charge in [0.25, 0.3) is 0 Å². The van der Waals surface area contributed by atoms with E-state index in [2.05, 4.69) is 36.2 Å².